The standard InChI is InChI=1S/C15H24N2O2/c1-15(2)13(8-14(15)19-4)17-9-10-5-6-11(18-3)7-12(10)16/h5-7,13-14,17H,8-9,16H2,1-4H3. The molecule has 2 rings (SSSR count). The normalized spacial score (nSPS) is 24.8. The molecule has 0 amide bonds. The van der Waals surface area contributed by atoms with Crippen LogP contribution in [0.25, 0.3) is 0 Å². The van der Waals surface area contributed by atoms with Crippen LogP contribution < -0.4 is 15.8 Å². The molecule has 1 saturated carbocycles. The molecule has 1 fully saturated rings. The molecule has 0 spiro atoms. The van der Waals surface area contributed by atoms with E-state index >= 15 is 0 Å². The molecular formula is C15H24N2O2. The lowest BCUT2D eigenvalue weighted by molar-refractivity contribution is -0.0978. The highest BCUT2D eigenvalue weighted by atomic mass is 16.5. The van der Waals surface area contributed by atoms with E-state index in [0.29, 0.717) is 12.1 Å². The van der Waals surface area contributed by atoms with Crippen LogP contribution in [0, 0.1) is 5.41 Å². The number of anilines is 1. The molecule has 0 heterocycles. The van der Waals surface area contributed by atoms with Gasteiger partial charge in [0.1, 0.15) is 5.75 Å². The van der Waals surface area contributed by atoms with Crippen molar-refractivity contribution in [3.05, 3.63) is 23.8 Å². The summed E-state index contributed by atoms with van der Waals surface area (Å²) in [4.78, 5) is 0. The topological polar surface area (TPSA) is 56.5 Å². The van der Waals surface area contributed by atoms with Gasteiger partial charge in [0.05, 0.1) is 13.2 Å². The van der Waals surface area contributed by atoms with E-state index in [1.54, 1.807) is 14.2 Å². The maximum atomic E-state index is 6.02. The maximum absolute atomic E-state index is 6.02. The highest BCUT2D eigenvalue weighted by Gasteiger charge is 2.48. The van der Waals surface area contributed by atoms with Crippen molar-refractivity contribution in [3.8, 4) is 5.75 Å². The number of benzene rings is 1. The molecule has 1 aliphatic rings. The first-order valence-corrected chi connectivity index (χ1v) is 6.67. The predicted molar refractivity (Wildman–Crippen MR) is 77.2 cm³/mol. The SMILES string of the molecule is COc1ccc(CNC2CC(OC)C2(C)C)c(N)c1. The highest BCUT2D eigenvalue weighted by Crippen LogP contribution is 2.42. The Bertz CT molecular complexity index is 446. The summed E-state index contributed by atoms with van der Waals surface area (Å²) in [6.45, 7) is 5.25. The first kappa shape index (κ1) is 14.2. The molecule has 19 heavy (non-hydrogen) atoms. The highest BCUT2D eigenvalue weighted by molar-refractivity contribution is 5.51. The van der Waals surface area contributed by atoms with E-state index in [4.69, 9.17) is 15.2 Å². The largest absolute Gasteiger partial charge is 0.497 e. The Morgan fingerprint density at radius 1 is 1.37 bits per heavy atom. The third kappa shape index (κ3) is 2.69. The van der Waals surface area contributed by atoms with Crippen molar-refractivity contribution in [2.24, 2.45) is 5.41 Å². The zero-order valence-corrected chi connectivity index (χ0v) is 12.2. The summed E-state index contributed by atoms with van der Waals surface area (Å²) < 4.78 is 10.6. The van der Waals surface area contributed by atoms with Gasteiger partial charge in [0, 0.05) is 36.9 Å². The number of nitrogens with one attached hydrogen (secondary N) is 1. The van der Waals surface area contributed by atoms with E-state index in [-0.39, 0.29) is 5.41 Å². The van der Waals surface area contributed by atoms with Crippen LogP contribution in [0.5, 0.6) is 5.75 Å². The van der Waals surface area contributed by atoms with Crippen molar-refractivity contribution < 1.29 is 9.47 Å². The summed E-state index contributed by atoms with van der Waals surface area (Å²) in [5.41, 5.74) is 8.07. The van der Waals surface area contributed by atoms with Crippen molar-refractivity contribution in [1.29, 1.82) is 0 Å². The Morgan fingerprint density at radius 2 is 2.11 bits per heavy atom. The van der Waals surface area contributed by atoms with Crippen LogP contribution in [-0.4, -0.2) is 26.4 Å². The van der Waals surface area contributed by atoms with Crippen LogP contribution >= 0.6 is 0 Å². The zero-order valence-electron chi connectivity index (χ0n) is 12.2. The van der Waals surface area contributed by atoms with Crippen LogP contribution in [0.4, 0.5) is 5.69 Å². The van der Waals surface area contributed by atoms with Gasteiger partial charge in [-0.1, -0.05) is 19.9 Å². The molecule has 3 N–H and O–H groups in total. The zero-order chi connectivity index (χ0) is 14.0. The van der Waals surface area contributed by atoms with E-state index in [2.05, 4.69) is 19.2 Å². The second-order valence-electron chi connectivity index (χ2n) is 5.78. The van der Waals surface area contributed by atoms with E-state index in [1.165, 1.54) is 0 Å². The summed E-state index contributed by atoms with van der Waals surface area (Å²) in [5, 5.41) is 3.57. The fraction of sp³-hybridized carbons (Fsp3) is 0.600. The Kier molecular flexibility index (Phi) is 4.02. The minimum Gasteiger partial charge on any atom is -0.497 e. The fourth-order valence-corrected chi connectivity index (χ4v) is 2.73. The minimum absolute atomic E-state index is 0.177. The molecule has 2 unspecified atom stereocenters. The molecule has 1 aromatic carbocycles. The van der Waals surface area contributed by atoms with Gasteiger partial charge in [-0.2, -0.15) is 0 Å². The molecule has 1 aromatic rings. The lowest BCUT2D eigenvalue weighted by Crippen LogP contribution is -2.60. The number of nitrogens with two attached hydrogens (primary N) is 1. The van der Waals surface area contributed by atoms with Gasteiger partial charge in [-0.25, -0.2) is 0 Å². The Labute approximate surface area is 115 Å². The summed E-state index contributed by atoms with van der Waals surface area (Å²) in [6, 6.07) is 6.29. The number of rotatable bonds is 5. The molecule has 2 atom stereocenters. The van der Waals surface area contributed by atoms with Crippen LogP contribution in [0.1, 0.15) is 25.8 Å². The smallest absolute Gasteiger partial charge is 0.120 e. The van der Waals surface area contributed by atoms with Crippen LogP contribution in [0.2, 0.25) is 0 Å². The van der Waals surface area contributed by atoms with Gasteiger partial charge in [-0.3, -0.25) is 0 Å². The Balaban J connectivity index is 1.93. The third-order valence-electron chi connectivity index (χ3n) is 4.35. The summed E-state index contributed by atoms with van der Waals surface area (Å²) in [5.74, 6) is 0.796. The summed E-state index contributed by atoms with van der Waals surface area (Å²) in [7, 11) is 3.43. The van der Waals surface area contributed by atoms with Crippen molar-refractivity contribution in [2.45, 2.75) is 39.0 Å². The van der Waals surface area contributed by atoms with E-state index in [9.17, 15) is 0 Å². The second-order valence-corrected chi connectivity index (χ2v) is 5.78. The van der Waals surface area contributed by atoms with Gasteiger partial charge in [0.25, 0.3) is 0 Å². The first-order chi connectivity index (χ1) is 8.98. The molecular weight excluding hydrogens is 240 g/mol. The molecule has 106 valence electrons. The quantitative estimate of drug-likeness (QED) is 0.800. The maximum Gasteiger partial charge on any atom is 0.120 e. The van der Waals surface area contributed by atoms with Gasteiger partial charge in [0.15, 0.2) is 0 Å². The fourth-order valence-electron chi connectivity index (χ4n) is 2.73. The van der Waals surface area contributed by atoms with E-state index in [0.717, 1.165) is 30.0 Å². The Morgan fingerprint density at radius 3 is 2.63 bits per heavy atom. The second kappa shape index (κ2) is 5.39. The molecule has 0 bridgehead atoms. The minimum atomic E-state index is 0.177. The average Bonchev–Trinajstić information content (AvgIpc) is 2.39. The van der Waals surface area contributed by atoms with Crippen molar-refractivity contribution >= 4 is 5.69 Å². The number of ether oxygens (including phenoxy) is 2. The number of nitrogen functional groups attached to an aromatic ring is 1. The average molecular weight is 264 g/mol. The van der Waals surface area contributed by atoms with Crippen LogP contribution in [0.3, 0.4) is 0 Å². The molecule has 0 radical (unpaired) electrons. The predicted octanol–water partition coefficient (Wildman–Crippen LogP) is 2.18. The van der Waals surface area contributed by atoms with E-state index < -0.39 is 0 Å². The lowest BCUT2D eigenvalue weighted by Gasteiger charge is -2.51. The third-order valence-corrected chi connectivity index (χ3v) is 4.35. The monoisotopic (exact) mass is 264 g/mol. The van der Waals surface area contributed by atoms with Gasteiger partial charge in [-0.15, -0.1) is 0 Å². The van der Waals surface area contributed by atoms with Gasteiger partial charge >= 0.3 is 0 Å². The van der Waals surface area contributed by atoms with Crippen LogP contribution in [-0.2, 0) is 11.3 Å². The van der Waals surface area contributed by atoms with Crippen molar-refractivity contribution in [1.82, 2.24) is 5.32 Å². The number of hydrogen-bond donors (Lipinski definition) is 2. The summed E-state index contributed by atoms with van der Waals surface area (Å²) >= 11 is 0. The molecule has 1 aliphatic carbocycles. The van der Waals surface area contributed by atoms with Gasteiger partial charge in [0.2, 0.25) is 0 Å². The van der Waals surface area contributed by atoms with Crippen molar-refractivity contribution in [2.75, 3.05) is 20.0 Å². The molecule has 4 nitrogen and oxygen atoms in total. The molecule has 0 saturated heterocycles. The summed E-state index contributed by atoms with van der Waals surface area (Å²) in [6.07, 6.45) is 1.40. The van der Waals surface area contributed by atoms with E-state index in [1.807, 2.05) is 18.2 Å². The van der Waals surface area contributed by atoms with Crippen molar-refractivity contribution in [3.63, 3.8) is 0 Å². The van der Waals surface area contributed by atoms with Crippen LogP contribution in [0.15, 0.2) is 18.2 Å². The lowest BCUT2D eigenvalue weighted by atomic mass is 9.64. The van der Waals surface area contributed by atoms with Gasteiger partial charge in [-0.05, 0) is 18.1 Å². The number of hydrogen-bond acceptors (Lipinski definition) is 4. The Hall–Kier alpha value is -1.26. The first-order valence-electron chi connectivity index (χ1n) is 6.67. The molecule has 4 heteroatoms. The molecule has 0 aromatic heterocycles. The number of methoxy groups -OCH3 is 2. The molecule has 0 aliphatic heterocycles. The van der Waals surface area contributed by atoms with Gasteiger partial charge < -0.3 is 20.5 Å².